The summed E-state index contributed by atoms with van der Waals surface area (Å²) in [7, 11) is 0. The van der Waals surface area contributed by atoms with Gasteiger partial charge in [0.25, 0.3) is 11.6 Å². The van der Waals surface area contributed by atoms with Gasteiger partial charge in [-0.2, -0.15) is 0 Å². The lowest BCUT2D eigenvalue weighted by Crippen LogP contribution is -3.00. The van der Waals surface area contributed by atoms with Crippen molar-refractivity contribution in [1.29, 1.82) is 0 Å². The predicted molar refractivity (Wildman–Crippen MR) is 109 cm³/mol. The first-order valence-electron chi connectivity index (χ1n) is 10.2. The van der Waals surface area contributed by atoms with Crippen molar-refractivity contribution < 1.29 is 36.1 Å². The molecular formula is C23H27BrN2O3. The van der Waals surface area contributed by atoms with Crippen LogP contribution < -0.4 is 31.4 Å². The van der Waals surface area contributed by atoms with Crippen LogP contribution in [0, 0.1) is 13.8 Å². The maximum Gasteiger partial charge on any atom is 0.271 e. The lowest BCUT2D eigenvalue weighted by Gasteiger charge is -2.26. The van der Waals surface area contributed by atoms with E-state index in [2.05, 4.69) is 41.5 Å². The summed E-state index contributed by atoms with van der Waals surface area (Å²) in [5.41, 5.74) is 3.53. The topological polar surface area (TPSA) is 44.9 Å². The van der Waals surface area contributed by atoms with Crippen LogP contribution in [0.25, 0.3) is 0 Å². The first-order chi connectivity index (χ1) is 13.6. The maximum absolute atomic E-state index is 11.9. The summed E-state index contributed by atoms with van der Waals surface area (Å²) in [5.74, 6) is 2.70. The first-order valence-corrected chi connectivity index (χ1v) is 10.2. The molecule has 29 heavy (non-hydrogen) atoms. The van der Waals surface area contributed by atoms with Crippen molar-refractivity contribution in [3.05, 3.63) is 53.1 Å². The molecule has 5 nitrogen and oxygen atoms in total. The highest BCUT2D eigenvalue weighted by atomic mass is 79.9. The summed E-state index contributed by atoms with van der Waals surface area (Å²) in [5, 5.41) is 11.9. The van der Waals surface area contributed by atoms with Crippen LogP contribution >= 0.6 is 0 Å². The fourth-order valence-electron chi connectivity index (χ4n) is 4.69. The van der Waals surface area contributed by atoms with Gasteiger partial charge in [0, 0.05) is 12.0 Å². The number of benzene rings is 2. The van der Waals surface area contributed by atoms with Gasteiger partial charge in [-0.25, -0.2) is 9.48 Å². The first kappa shape index (κ1) is 20.2. The third-order valence-corrected chi connectivity index (χ3v) is 6.35. The fourth-order valence-corrected chi connectivity index (χ4v) is 4.69. The number of aryl methyl sites for hydroxylation is 1. The minimum atomic E-state index is -1.07. The normalized spacial score (nSPS) is 22.9. The minimum absolute atomic E-state index is 0. The minimum Gasteiger partial charge on any atom is -1.00 e. The molecule has 0 saturated heterocycles. The van der Waals surface area contributed by atoms with E-state index in [9.17, 15) is 5.11 Å². The van der Waals surface area contributed by atoms with E-state index < -0.39 is 5.72 Å². The van der Waals surface area contributed by atoms with E-state index in [0.717, 1.165) is 42.9 Å². The van der Waals surface area contributed by atoms with Crippen molar-refractivity contribution in [2.75, 3.05) is 31.2 Å². The molecule has 1 unspecified atom stereocenters. The van der Waals surface area contributed by atoms with Crippen LogP contribution in [0.3, 0.4) is 0 Å². The Morgan fingerprint density at radius 3 is 2.66 bits per heavy atom. The Hall–Kier alpha value is -2.05. The standard InChI is InChI=1S/C23H27N2O3.BrH/c1-16-6-5-7-19(17(16)2)24-15-23(26,25-11-4-3-8-22(24)25)18-9-10-20-21(14-18)28-13-12-27-20;/h5-7,9-10,14,26H,3-4,8,11-13,15H2,1-2H3;1H/q+1;/p-1. The second kappa shape index (κ2) is 7.65. The Bertz CT molecular complexity index is 975. The van der Waals surface area contributed by atoms with Crippen LogP contribution in [-0.4, -0.2) is 41.8 Å². The molecule has 3 aliphatic heterocycles. The maximum atomic E-state index is 11.9. The lowest BCUT2D eigenvalue weighted by atomic mass is 10.0. The van der Waals surface area contributed by atoms with Crippen molar-refractivity contribution in [2.24, 2.45) is 0 Å². The number of aliphatic hydroxyl groups is 1. The number of halogens is 1. The van der Waals surface area contributed by atoms with Crippen molar-refractivity contribution in [3.8, 4) is 11.5 Å². The largest absolute Gasteiger partial charge is 1.00 e. The molecule has 0 bridgehead atoms. The summed E-state index contributed by atoms with van der Waals surface area (Å²) in [6.07, 6.45) is 3.24. The number of amidine groups is 1. The summed E-state index contributed by atoms with van der Waals surface area (Å²) in [4.78, 5) is 2.32. The van der Waals surface area contributed by atoms with Gasteiger partial charge < -0.3 is 31.6 Å². The molecular weight excluding hydrogens is 432 g/mol. The third-order valence-electron chi connectivity index (χ3n) is 6.35. The van der Waals surface area contributed by atoms with Crippen LogP contribution in [0.2, 0.25) is 0 Å². The highest BCUT2D eigenvalue weighted by molar-refractivity contribution is 5.96. The lowest BCUT2D eigenvalue weighted by molar-refractivity contribution is -0.661. The monoisotopic (exact) mass is 458 g/mol. The van der Waals surface area contributed by atoms with E-state index in [1.807, 2.05) is 18.2 Å². The van der Waals surface area contributed by atoms with Crippen LogP contribution in [0.1, 0.15) is 36.0 Å². The molecule has 3 aliphatic rings. The Morgan fingerprint density at radius 1 is 1.03 bits per heavy atom. The molecule has 1 atom stereocenters. The molecule has 154 valence electrons. The number of β-amino-alcohol motifs (C(OH)–C–C–N with tert-alkyl or cyclic N) is 1. The highest BCUT2D eigenvalue weighted by Crippen LogP contribution is 2.40. The fraction of sp³-hybridized carbons (Fsp3) is 0.435. The molecule has 0 amide bonds. The van der Waals surface area contributed by atoms with Gasteiger partial charge in [-0.1, -0.05) is 12.1 Å². The Balaban J connectivity index is 0.00000205. The zero-order valence-electron chi connectivity index (χ0n) is 16.9. The summed E-state index contributed by atoms with van der Waals surface area (Å²) < 4.78 is 13.6. The molecule has 0 saturated carbocycles. The van der Waals surface area contributed by atoms with E-state index in [1.54, 1.807) is 0 Å². The smallest absolute Gasteiger partial charge is 0.271 e. The van der Waals surface area contributed by atoms with Crippen LogP contribution in [0.5, 0.6) is 11.5 Å². The Kier molecular flexibility index (Phi) is 5.34. The van der Waals surface area contributed by atoms with E-state index >= 15 is 0 Å². The van der Waals surface area contributed by atoms with Crippen LogP contribution in [-0.2, 0) is 5.72 Å². The molecule has 0 radical (unpaired) electrons. The molecule has 2 aromatic carbocycles. The zero-order valence-corrected chi connectivity index (χ0v) is 18.5. The number of fused-ring (bicyclic) bond motifs is 1. The van der Waals surface area contributed by atoms with Crippen LogP contribution in [0.4, 0.5) is 5.69 Å². The van der Waals surface area contributed by atoms with Crippen molar-refractivity contribution in [1.82, 2.24) is 0 Å². The van der Waals surface area contributed by atoms with Crippen molar-refractivity contribution in [2.45, 2.75) is 38.8 Å². The zero-order chi connectivity index (χ0) is 19.3. The second-order valence-electron chi connectivity index (χ2n) is 8.01. The van der Waals surface area contributed by atoms with E-state index in [0.29, 0.717) is 19.8 Å². The van der Waals surface area contributed by atoms with Gasteiger partial charge in [-0.05, 0) is 62.1 Å². The van der Waals surface area contributed by atoms with Gasteiger partial charge in [0.1, 0.15) is 18.9 Å². The third kappa shape index (κ3) is 3.22. The predicted octanol–water partition coefficient (Wildman–Crippen LogP) is 0.339. The molecule has 0 aromatic heterocycles. The van der Waals surface area contributed by atoms with Gasteiger partial charge >= 0.3 is 0 Å². The van der Waals surface area contributed by atoms with Gasteiger partial charge in [0.05, 0.1) is 6.54 Å². The van der Waals surface area contributed by atoms with Gasteiger partial charge in [0.15, 0.2) is 18.0 Å². The van der Waals surface area contributed by atoms with E-state index in [1.165, 1.54) is 22.6 Å². The van der Waals surface area contributed by atoms with Gasteiger partial charge in [-0.3, -0.25) is 0 Å². The highest BCUT2D eigenvalue weighted by Gasteiger charge is 2.53. The quantitative estimate of drug-likeness (QED) is 0.659. The second-order valence-corrected chi connectivity index (χ2v) is 8.01. The SMILES string of the molecule is Cc1cccc(N2CC(O)(c3ccc4c(c3)OCCO4)[N+]3=C2CCCC3)c1C.[Br-]. The molecule has 3 heterocycles. The number of hydrogen-bond donors (Lipinski definition) is 1. The average Bonchev–Trinajstić information content (AvgIpc) is 3.04. The number of hydrogen-bond acceptors (Lipinski definition) is 4. The Morgan fingerprint density at radius 2 is 1.83 bits per heavy atom. The average molecular weight is 459 g/mol. The Labute approximate surface area is 182 Å². The van der Waals surface area contributed by atoms with E-state index in [4.69, 9.17) is 9.47 Å². The summed E-state index contributed by atoms with van der Waals surface area (Å²) in [6.45, 7) is 6.81. The molecule has 5 rings (SSSR count). The molecule has 0 fully saturated rings. The van der Waals surface area contributed by atoms with Crippen LogP contribution in [0.15, 0.2) is 36.4 Å². The number of nitrogens with zero attached hydrogens (tertiary/aromatic N) is 2. The molecule has 1 N–H and O–H groups in total. The van der Waals surface area contributed by atoms with Crippen molar-refractivity contribution >= 4 is 11.5 Å². The van der Waals surface area contributed by atoms with Crippen molar-refractivity contribution in [3.63, 3.8) is 0 Å². The number of rotatable bonds is 2. The van der Waals surface area contributed by atoms with Gasteiger partial charge in [0.2, 0.25) is 0 Å². The number of anilines is 1. The molecule has 2 aromatic rings. The molecule has 0 spiro atoms. The van der Waals surface area contributed by atoms with Gasteiger partial charge in [-0.15, -0.1) is 0 Å². The summed E-state index contributed by atoms with van der Waals surface area (Å²) in [6, 6.07) is 12.3. The number of ether oxygens (including phenoxy) is 2. The van der Waals surface area contributed by atoms with E-state index in [-0.39, 0.29) is 17.0 Å². The summed E-state index contributed by atoms with van der Waals surface area (Å²) >= 11 is 0. The molecule has 0 aliphatic carbocycles. The molecule has 6 heteroatoms.